The Bertz CT molecular complexity index is 946. The molecular weight excluding hydrogens is 352 g/mol. The Morgan fingerprint density at radius 3 is 2.42 bits per heavy atom. The number of imidazole rings is 1. The highest BCUT2D eigenvalue weighted by molar-refractivity contribution is 6.30. The monoisotopic (exact) mass is 372 g/mol. The van der Waals surface area contributed by atoms with Gasteiger partial charge in [-0.05, 0) is 51.1 Å². The van der Waals surface area contributed by atoms with Crippen molar-refractivity contribution < 1.29 is 9.90 Å². The summed E-state index contributed by atoms with van der Waals surface area (Å²) in [6, 6.07) is 9.13. The summed E-state index contributed by atoms with van der Waals surface area (Å²) >= 11 is 5.99. The fourth-order valence-corrected chi connectivity index (χ4v) is 3.21. The maximum Gasteiger partial charge on any atom is 0.323 e. The molecule has 6 nitrogen and oxygen atoms in total. The molecule has 0 atom stereocenters. The van der Waals surface area contributed by atoms with Crippen molar-refractivity contribution in [1.82, 2.24) is 14.5 Å². The Kier molecular flexibility index (Phi) is 5.13. The first-order valence-corrected chi connectivity index (χ1v) is 8.93. The first-order chi connectivity index (χ1) is 12.4. The summed E-state index contributed by atoms with van der Waals surface area (Å²) in [5.74, 6) is 0.461. The van der Waals surface area contributed by atoms with E-state index in [4.69, 9.17) is 16.6 Å². The zero-order chi connectivity index (χ0) is 18.8. The van der Waals surface area contributed by atoms with Gasteiger partial charge in [0, 0.05) is 29.4 Å². The number of hydrogen-bond acceptors (Lipinski definition) is 4. The second kappa shape index (κ2) is 7.33. The van der Waals surface area contributed by atoms with Crippen LogP contribution in [0.4, 0.5) is 5.82 Å². The fourth-order valence-electron chi connectivity index (χ4n) is 3.08. The van der Waals surface area contributed by atoms with Gasteiger partial charge in [-0.25, -0.2) is 9.97 Å². The standard InChI is InChI=1S/C19H21ClN4O2/c1-4-23(5-2)19-17-15(10-12(3)21-19)24(11-16(25)26)18(22-17)13-6-8-14(20)9-7-13/h6-10H,4-5,11H2,1-3H3,(H,25,26). The van der Waals surface area contributed by atoms with Crippen molar-refractivity contribution in [2.75, 3.05) is 18.0 Å². The Morgan fingerprint density at radius 1 is 1.19 bits per heavy atom. The fraction of sp³-hybridized carbons (Fsp3) is 0.316. The van der Waals surface area contributed by atoms with E-state index >= 15 is 0 Å². The molecule has 0 aliphatic carbocycles. The van der Waals surface area contributed by atoms with Gasteiger partial charge in [-0.3, -0.25) is 4.79 Å². The van der Waals surface area contributed by atoms with Crippen LogP contribution in [-0.4, -0.2) is 38.7 Å². The van der Waals surface area contributed by atoms with Crippen molar-refractivity contribution in [2.45, 2.75) is 27.3 Å². The predicted molar refractivity (Wildman–Crippen MR) is 104 cm³/mol. The number of halogens is 1. The van der Waals surface area contributed by atoms with Crippen molar-refractivity contribution in [3.05, 3.63) is 41.0 Å². The van der Waals surface area contributed by atoms with Crippen LogP contribution in [0.1, 0.15) is 19.5 Å². The van der Waals surface area contributed by atoms with Crippen LogP contribution >= 0.6 is 11.6 Å². The molecule has 0 unspecified atom stereocenters. The van der Waals surface area contributed by atoms with Gasteiger partial charge in [0.25, 0.3) is 0 Å². The summed E-state index contributed by atoms with van der Waals surface area (Å²) in [5.41, 5.74) is 3.13. The zero-order valence-electron chi connectivity index (χ0n) is 15.0. The molecular formula is C19H21ClN4O2. The molecule has 136 valence electrons. The van der Waals surface area contributed by atoms with Crippen molar-refractivity contribution >= 4 is 34.4 Å². The number of carboxylic acids is 1. The van der Waals surface area contributed by atoms with Gasteiger partial charge in [0.05, 0.1) is 5.52 Å². The number of rotatable bonds is 6. The normalized spacial score (nSPS) is 11.1. The summed E-state index contributed by atoms with van der Waals surface area (Å²) in [6.07, 6.45) is 0. The SMILES string of the molecule is CCN(CC)c1nc(C)cc2c1nc(-c1ccc(Cl)cc1)n2CC(=O)O. The summed E-state index contributed by atoms with van der Waals surface area (Å²) < 4.78 is 1.72. The van der Waals surface area contributed by atoms with E-state index < -0.39 is 5.97 Å². The highest BCUT2D eigenvalue weighted by Crippen LogP contribution is 2.31. The molecule has 0 bridgehead atoms. The maximum absolute atomic E-state index is 11.5. The number of benzene rings is 1. The molecule has 0 spiro atoms. The lowest BCUT2D eigenvalue weighted by molar-refractivity contribution is -0.137. The third-order valence-electron chi connectivity index (χ3n) is 4.31. The lowest BCUT2D eigenvalue weighted by Gasteiger charge is -2.20. The van der Waals surface area contributed by atoms with Gasteiger partial charge in [0.15, 0.2) is 5.82 Å². The molecule has 0 saturated heterocycles. The van der Waals surface area contributed by atoms with Gasteiger partial charge in [0.1, 0.15) is 17.9 Å². The first kappa shape index (κ1) is 18.2. The lowest BCUT2D eigenvalue weighted by atomic mass is 10.2. The number of anilines is 1. The van der Waals surface area contributed by atoms with E-state index in [9.17, 15) is 9.90 Å². The van der Waals surface area contributed by atoms with Gasteiger partial charge < -0.3 is 14.6 Å². The topological polar surface area (TPSA) is 71.2 Å². The van der Waals surface area contributed by atoms with E-state index in [1.807, 2.05) is 25.1 Å². The minimum atomic E-state index is -0.918. The molecule has 3 rings (SSSR count). The number of pyridine rings is 1. The average Bonchev–Trinajstić information content (AvgIpc) is 2.94. The molecule has 26 heavy (non-hydrogen) atoms. The summed E-state index contributed by atoms with van der Waals surface area (Å²) in [6.45, 7) is 7.46. The first-order valence-electron chi connectivity index (χ1n) is 8.55. The second-order valence-corrected chi connectivity index (χ2v) is 6.49. The number of hydrogen-bond donors (Lipinski definition) is 1. The summed E-state index contributed by atoms with van der Waals surface area (Å²) in [4.78, 5) is 23.0. The van der Waals surface area contributed by atoms with E-state index in [0.29, 0.717) is 16.4 Å². The molecule has 2 heterocycles. The largest absolute Gasteiger partial charge is 0.480 e. The van der Waals surface area contributed by atoms with Gasteiger partial charge in [-0.1, -0.05) is 11.6 Å². The Hall–Kier alpha value is -2.60. The van der Waals surface area contributed by atoms with Crippen LogP contribution in [0.25, 0.3) is 22.4 Å². The van der Waals surface area contributed by atoms with E-state index in [1.165, 1.54) is 0 Å². The quantitative estimate of drug-likeness (QED) is 0.708. The number of carbonyl (C=O) groups is 1. The number of aryl methyl sites for hydroxylation is 1. The molecule has 0 radical (unpaired) electrons. The van der Waals surface area contributed by atoms with Crippen molar-refractivity contribution in [2.24, 2.45) is 0 Å². The maximum atomic E-state index is 11.5. The Labute approximate surface area is 157 Å². The van der Waals surface area contributed by atoms with Crippen LogP contribution in [0, 0.1) is 6.92 Å². The second-order valence-electron chi connectivity index (χ2n) is 6.05. The van der Waals surface area contributed by atoms with Gasteiger partial charge in [0.2, 0.25) is 0 Å². The Balaban J connectivity index is 2.31. The van der Waals surface area contributed by atoms with E-state index in [1.54, 1.807) is 16.7 Å². The highest BCUT2D eigenvalue weighted by Gasteiger charge is 2.20. The number of aromatic nitrogens is 3. The molecule has 1 aromatic carbocycles. The van der Waals surface area contributed by atoms with Crippen LogP contribution in [0.2, 0.25) is 5.02 Å². The molecule has 7 heteroatoms. The van der Waals surface area contributed by atoms with Crippen molar-refractivity contribution in [3.8, 4) is 11.4 Å². The van der Waals surface area contributed by atoms with Gasteiger partial charge in [-0.15, -0.1) is 0 Å². The minimum absolute atomic E-state index is 0.171. The van der Waals surface area contributed by atoms with Crippen molar-refractivity contribution in [1.29, 1.82) is 0 Å². The van der Waals surface area contributed by atoms with Gasteiger partial charge >= 0.3 is 5.97 Å². The number of aliphatic carboxylic acids is 1. The third kappa shape index (κ3) is 3.37. The van der Waals surface area contributed by atoms with E-state index in [2.05, 4.69) is 23.7 Å². The minimum Gasteiger partial charge on any atom is -0.480 e. The smallest absolute Gasteiger partial charge is 0.323 e. The highest BCUT2D eigenvalue weighted by atomic mass is 35.5. The van der Waals surface area contributed by atoms with E-state index in [-0.39, 0.29) is 6.54 Å². The summed E-state index contributed by atoms with van der Waals surface area (Å²) in [5, 5.41) is 10.0. The molecule has 0 aliphatic heterocycles. The number of nitrogens with zero attached hydrogens (tertiary/aromatic N) is 4. The van der Waals surface area contributed by atoms with Crippen molar-refractivity contribution in [3.63, 3.8) is 0 Å². The number of fused-ring (bicyclic) bond motifs is 1. The predicted octanol–water partition coefficient (Wildman–Crippen LogP) is 3.99. The van der Waals surface area contributed by atoms with Crippen LogP contribution in [0.15, 0.2) is 30.3 Å². The molecule has 0 amide bonds. The molecule has 1 N–H and O–H groups in total. The average molecular weight is 373 g/mol. The molecule has 3 aromatic rings. The van der Waals surface area contributed by atoms with Crippen LogP contribution < -0.4 is 4.90 Å². The van der Waals surface area contributed by atoms with Gasteiger partial charge in [-0.2, -0.15) is 0 Å². The Morgan fingerprint density at radius 2 is 1.85 bits per heavy atom. The summed E-state index contributed by atoms with van der Waals surface area (Å²) in [7, 11) is 0. The number of carboxylic acid groups (broad SMARTS) is 1. The zero-order valence-corrected chi connectivity index (χ0v) is 15.8. The van der Waals surface area contributed by atoms with Crippen LogP contribution in [-0.2, 0) is 11.3 Å². The molecule has 0 saturated carbocycles. The molecule has 2 aromatic heterocycles. The van der Waals surface area contributed by atoms with Crippen LogP contribution in [0.5, 0.6) is 0 Å². The third-order valence-corrected chi connectivity index (χ3v) is 4.56. The van der Waals surface area contributed by atoms with Crippen LogP contribution in [0.3, 0.4) is 0 Å². The lowest BCUT2D eigenvalue weighted by Crippen LogP contribution is -2.23. The van der Waals surface area contributed by atoms with E-state index in [0.717, 1.165) is 35.7 Å². The molecule has 0 aliphatic rings. The molecule has 0 fully saturated rings.